The van der Waals surface area contributed by atoms with E-state index in [9.17, 15) is 4.79 Å². The van der Waals surface area contributed by atoms with Crippen LogP contribution < -0.4 is 15.5 Å². The molecule has 1 aromatic rings. The molecule has 2 N–H and O–H groups in total. The second kappa shape index (κ2) is 7.29. The molecule has 1 amide bonds. The van der Waals surface area contributed by atoms with Crippen LogP contribution in [0.1, 0.15) is 38.3 Å². The molecule has 0 aliphatic carbocycles. The zero-order chi connectivity index (χ0) is 14.4. The van der Waals surface area contributed by atoms with Gasteiger partial charge in [0.2, 0.25) is 5.91 Å². The molecule has 0 spiro atoms. The van der Waals surface area contributed by atoms with Gasteiger partial charge in [0.15, 0.2) is 0 Å². The average molecular weight is 275 g/mol. The van der Waals surface area contributed by atoms with Crippen LogP contribution in [0.25, 0.3) is 0 Å². The number of para-hydroxylation sites is 1. The third-order valence-corrected chi connectivity index (χ3v) is 3.82. The van der Waals surface area contributed by atoms with E-state index in [0.29, 0.717) is 12.5 Å². The molecule has 1 aliphatic rings. The lowest BCUT2D eigenvalue weighted by molar-refractivity contribution is -0.120. The number of nitrogens with one attached hydrogen (secondary N) is 2. The topological polar surface area (TPSA) is 44.4 Å². The van der Waals surface area contributed by atoms with Crippen LogP contribution >= 0.6 is 0 Å². The van der Waals surface area contributed by atoms with Gasteiger partial charge in [0.1, 0.15) is 0 Å². The third kappa shape index (κ3) is 3.51. The molecule has 1 aliphatic heterocycles. The Morgan fingerprint density at radius 2 is 2.10 bits per heavy atom. The highest BCUT2D eigenvalue weighted by Gasteiger charge is 2.19. The van der Waals surface area contributed by atoms with Crippen molar-refractivity contribution in [3.05, 3.63) is 29.8 Å². The van der Waals surface area contributed by atoms with Crippen LogP contribution in [0.15, 0.2) is 24.3 Å². The summed E-state index contributed by atoms with van der Waals surface area (Å²) in [6, 6.07) is 8.93. The summed E-state index contributed by atoms with van der Waals surface area (Å²) in [4.78, 5) is 13.8. The Hall–Kier alpha value is -1.55. The summed E-state index contributed by atoms with van der Waals surface area (Å²) in [6.07, 6.45) is 1.64. The highest BCUT2D eigenvalue weighted by atomic mass is 16.1. The zero-order valence-electron chi connectivity index (χ0n) is 12.5. The first-order valence-corrected chi connectivity index (χ1v) is 7.60. The predicted molar refractivity (Wildman–Crippen MR) is 83.0 cm³/mol. The van der Waals surface area contributed by atoms with Gasteiger partial charge in [-0.25, -0.2) is 0 Å². The van der Waals surface area contributed by atoms with Crippen molar-refractivity contribution < 1.29 is 4.79 Å². The Morgan fingerprint density at radius 3 is 2.85 bits per heavy atom. The lowest BCUT2D eigenvalue weighted by Crippen LogP contribution is -2.30. The molecule has 1 heterocycles. The van der Waals surface area contributed by atoms with Crippen molar-refractivity contribution in [2.24, 2.45) is 0 Å². The van der Waals surface area contributed by atoms with E-state index in [1.165, 1.54) is 11.3 Å². The first-order chi connectivity index (χ1) is 9.76. The van der Waals surface area contributed by atoms with Gasteiger partial charge >= 0.3 is 0 Å². The van der Waals surface area contributed by atoms with Gasteiger partial charge in [0.05, 0.1) is 0 Å². The fourth-order valence-corrected chi connectivity index (χ4v) is 2.80. The van der Waals surface area contributed by atoms with Gasteiger partial charge in [0.25, 0.3) is 0 Å². The fraction of sp³-hybridized carbons (Fsp3) is 0.562. The molecule has 0 aromatic heterocycles. The lowest BCUT2D eigenvalue weighted by atomic mass is 10.0. The van der Waals surface area contributed by atoms with Crippen LogP contribution in [0.3, 0.4) is 0 Å². The van der Waals surface area contributed by atoms with Crippen molar-refractivity contribution in [2.45, 2.75) is 32.7 Å². The molecule has 0 radical (unpaired) electrons. The fourth-order valence-electron chi connectivity index (χ4n) is 2.80. The minimum absolute atomic E-state index is 0.156. The normalized spacial score (nSPS) is 17.5. The van der Waals surface area contributed by atoms with E-state index in [2.05, 4.69) is 53.6 Å². The van der Waals surface area contributed by atoms with Gasteiger partial charge < -0.3 is 15.5 Å². The van der Waals surface area contributed by atoms with Crippen molar-refractivity contribution in [2.75, 3.05) is 31.1 Å². The number of carbonyl (C=O) groups is 1. The molecule has 4 nitrogen and oxygen atoms in total. The Kier molecular flexibility index (Phi) is 5.41. The molecule has 1 fully saturated rings. The van der Waals surface area contributed by atoms with E-state index in [1.807, 2.05) is 0 Å². The number of nitrogens with zero attached hydrogens (tertiary/aromatic N) is 1. The number of benzene rings is 1. The van der Waals surface area contributed by atoms with E-state index in [4.69, 9.17) is 0 Å². The molecule has 0 saturated carbocycles. The molecule has 1 aromatic carbocycles. The Balaban J connectivity index is 2.24. The summed E-state index contributed by atoms with van der Waals surface area (Å²) in [5.41, 5.74) is 2.60. The summed E-state index contributed by atoms with van der Waals surface area (Å²) in [5.74, 6) is 0.156. The molecular weight excluding hydrogens is 250 g/mol. The van der Waals surface area contributed by atoms with Crippen LogP contribution in [-0.4, -0.2) is 32.1 Å². The van der Waals surface area contributed by atoms with E-state index in [0.717, 1.165) is 32.6 Å². The van der Waals surface area contributed by atoms with Gasteiger partial charge in [-0.2, -0.15) is 0 Å². The predicted octanol–water partition coefficient (Wildman–Crippen LogP) is 2.07. The molecule has 20 heavy (non-hydrogen) atoms. The second-order valence-electron chi connectivity index (χ2n) is 5.16. The van der Waals surface area contributed by atoms with Crippen molar-refractivity contribution in [1.82, 2.24) is 10.6 Å². The van der Waals surface area contributed by atoms with Gasteiger partial charge in [-0.05, 0) is 24.6 Å². The van der Waals surface area contributed by atoms with Crippen molar-refractivity contribution >= 4 is 11.6 Å². The highest BCUT2D eigenvalue weighted by molar-refractivity contribution is 5.77. The number of hydrogen-bond acceptors (Lipinski definition) is 3. The molecule has 2 rings (SSSR count). The van der Waals surface area contributed by atoms with Gasteiger partial charge in [-0.15, -0.1) is 0 Å². The van der Waals surface area contributed by atoms with E-state index >= 15 is 0 Å². The van der Waals surface area contributed by atoms with Gasteiger partial charge in [-0.3, -0.25) is 4.79 Å². The standard InChI is InChI=1S/C16H25N3O/c1-3-14(17-4-2)13-7-5-6-8-15(13)19-11-9-16(20)18-10-12-19/h5-8,14,17H,3-4,9-12H2,1-2H3,(H,18,20). The summed E-state index contributed by atoms with van der Waals surface area (Å²) >= 11 is 0. The molecule has 1 saturated heterocycles. The monoisotopic (exact) mass is 275 g/mol. The van der Waals surface area contributed by atoms with Crippen LogP contribution in [0.2, 0.25) is 0 Å². The third-order valence-electron chi connectivity index (χ3n) is 3.82. The summed E-state index contributed by atoms with van der Waals surface area (Å²) in [5, 5.41) is 6.48. The molecule has 0 bridgehead atoms. The van der Waals surface area contributed by atoms with Crippen LogP contribution in [0.4, 0.5) is 5.69 Å². The molecule has 4 heteroatoms. The summed E-state index contributed by atoms with van der Waals surface area (Å²) in [6.45, 7) is 7.71. The van der Waals surface area contributed by atoms with Crippen LogP contribution in [0, 0.1) is 0 Å². The maximum Gasteiger partial charge on any atom is 0.221 e. The summed E-state index contributed by atoms with van der Waals surface area (Å²) in [7, 11) is 0. The number of hydrogen-bond donors (Lipinski definition) is 2. The molecule has 110 valence electrons. The molecule has 1 atom stereocenters. The average Bonchev–Trinajstić information content (AvgIpc) is 2.69. The van der Waals surface area contributed by atoms with E-state index in [1.54, 1.807) is 0 Å². The number of carbonyl (C=O) groups excluding carboxylic acids is 1. The van der Waals surface area contributed by atoms with Gasteiger partial charge in [-0.1, -0.05) is 32.0 Å². The van der Waals surface area contributed by atoms with Crippen molar-refractivity contribution in [3.63, 3.8) is 0 Å². The number of anilines is 1. The Bertz CT molecular complexity index is 447. The van der Waals surface area contributed by atoms with Crippen molar-refractivity contribution in [1.29, 1.82) is 0 Å². The maximum absolute atomic E-state index is 11.5. The number of rotatable bonds is 5. The SMILES string of the molecule is CCNC(CC)c1ccccc1N1CCNC(=O)CC1. The molecule has 1 unspecified atom stereocenters. The number of amides is 1. The highest BCUT2D eigenvalue weighted by Crippen LogP contribution is 2.28. The maximum atomic E-state index is 11.5. The quantitative estimate of drug-likeness (QED) is 0.864. The Morgan fingerprint density at radius 1 is 1.30 bits per heavy atom. The molecular formula is C16H25N3O. The van der Waals surface area contributed by atoms with Crippen LogP contribution in [0.5, 0.6) is 0 Å². The van der Waals surface area contributed by atoms with Crippen molar-refractivity contribution in [3.8, 4) is 0 Å². The van der Waals surface area contributed by atoms with E-state index < -0.39 is 0 Å². The minimum atomic E-state index is 0.156. The van der Waals surface area contributed by atoms with Crippen LogP contribution in [-0.2, 0) is 4.79 Å². The zero-order valence-corrected chi connectivity index (χ0v) is 12.5. The minimum Gasteiger partial charge on any atom is -0.369 e. The smallest absolute Gasteiger partial charge is 0.221 e. The first-order valence-electron chi connectivity index (χ1n) is 7.60. The van der Waals surface area contributed by atoms with Gasteiger partial charge in [0, 0.05) is 37.8 Å². The second-order valence-corrected chi connectivity index (χ2v) is 5.16. The van der Waals surface area contributed by atoms with E-state index in [-0.39, 0.29) is 5.91 Å². The Labute approximate surface area is 121 Å². The first kappa shape index (κ1) is 14.9. The summed E-state index contributed by atoms with van der Waals surface area (Å²) < 4.78 is 0. The lowest BCUT2D eigenvalue weighted by Gasteiger charge is -2.28. The largest absolute Gasteiger partial charge is 0.369 e.